The summed E-state index contributed by atoms with van der Waals surface area (Å²) in [7, 11) is 0. The molecule has 7 heterocycles. The van der Waals surface area contributed by atoms with E-state index in [9.17, 15) is 0 Å². The van der Waals surface area contributed by atoms with Gasteiger partial charge in [0.1, 0.15) is 0 Å². The Morgan fingerprint density at radius 3 is 1.35 bits per heavy atom. The van der Waals surface area contributed by atoms with E-state index in [1.54, 1.807) is 0 Å². The molecule has 0 unspecified atom stereocenters. The third kappa shape index (κ3) is 7.14. The zero-order chi connectivity index (χ0) is 64.6. The molecule has 0 fully saturated rings. The Morgan fingerprint density at radius 2 is 0.780 bits per heavy atom. The van der Waals surface area contributed by atoms with Crippen molar-refractivity contribution in [3.63, 3.8) is 0 Å². The minimum absolute atomic E-state index is 0.0201. The molecule has 4 heteroatoms. The van der Waals surface area contributed by atoms with Crippen LogP contribution in [0, 0.1) is 0 Å². The first-order chi connectivity index (χ1) is 42.2. The molecule has 1 aliphatic carbocycles. The summed E-state index contributed by atoms with van der Waals surface area (Å²) in [4.78, 5) is 0. The first-order valence-corrected chi connectivity index (χ1v) is 34.2. The molecule has 1 spiro atoms. The second-order valence-corrected chi connectivity index (χ2v) is 37.1. The lowest BCUT2D eigenvalue weighted by Crippen LogP contribution is -2.60. The van der Waals surface area contributed by atoms with Crippen LogP contribution in [0.4, 0.5) is 0 Å². The van der Waals surface area contributed by atoms with Gasteiger partial charge in [-0.2, -0.15) is 0 Å². The smallest absolute Gasteiger partial charge is 0.252 e. The lowest BCUT2D eigenvalue weighted by Gasteiger charge is -2.45. The van der Waals surface area contributed by atoms with Gasteiger partial charge in [0.25, 0.3) is 6.71 Å². The van der Waals surface area contributed by atoms with Gasteiger partial charge in [0.05, 0.1) is 38.5 Å². The van der Waals surface area contributed by atoms with Crippen LogP contribution in [-0.4, -0.2) is 20.2 Å². The van der Waals surface area contributed by atoms with Gasteiger partial charge in [-0.3, -0.25) is 0 Å². The van der Waals surface area contributed by atoms with Crippen molar-refractivity contribution in [1.82, 2.24) is 13.5 Å². The van der Waals surface area contributed by atoms with E-state index in [0.29, 0.717) is 0 Å². The van der Waals surface area contributed by atoms with Crippen LogP contribution in [0.15, 0.2) is 121 Å². The molecule has 0 bridgehead atoms. The van der Waals surface area contributed by atoms with Crippen LogP contribution >= 0.6 is 0 Å². The van der Waals surface area contributed by atoms with Crippen molar-refractivity contribution >= 4 is 105 Å². The molecule has 17 rings (SSSR count). The normalized spacial score (nSPS) is 15.5. The molecule has 0 amide bonds. The fourth-order valence-electron chi connectivity index (χ4n) is 17.9. The lowest BCUT2D eigenvalue weighted by atomic mass is 9.33. The van der Waals surface area contributed by atoms with Crippen molar-refractivity contribution in [3.8, 4) is 22.5 Å². The molecule has 3 nitrogen and oxygen atoms in total. The molecule has 0 atom stereocenters. The van der Waals surface area contributed by atoms with Crippen LogP contribution in [0.5, 0.6) is 0 Å². The Kier molecular flexibility index (Phi) is 10.6. The van der Waals surface area contributed by atoms with E-state index in [2.05, 4.69) is 301 Å². The summed E-state index contributed by atoms with van der Waals surface area (Å²) in [5, 5.41) is 11.0. The van der Waals surface area contributed by atoms with Gasteiger partial charge in [-0.25, -0.2) is 0 Å². The van der Waals surface area contributed by atoms with Gasteiger partial charge in [-0.1, -0.05) is 245 Å². The highest BCUT2D eigenvalue weighted by atomic mass is 15.1. The van der Waals surface area contributed by atoms with E-state index >= 15 is 0 Å². The van der Waals surface area contributed by atoms with Gasteiger partial charge in [0.15, 0.2) is 0 Å². The molecular formula is C87H92BN3. The Morgan fingerprint density at radius 1 is 0.297 bits per heavy atom. The number of aromatic nitrogens is 3. The Bertz CT molecular complexity index is 5460. The summed E-state index contributed by atoms with van der Waals surface area (Å²) in [6, 6.07) is 51.6. The predicted octanol–water partition coefficient (Wildman–Crippen LogP) is 21.2. The largest absolute Gasteiger partial charge is 0.310 e. The van der Waals surface area contributed by atoms with Gasteiger partial charge in [-0.05, 0) is 180 Å². The molecule has 9 aromatic carbocycles. The zero-order valence-electron chi connectivity index (χ0n) is 59.0. The van der Waals surface area contributed by atoms with Crippen molar-refractivity contribution in [2.24, 2.45) is 0 Å². The Labute approximate surface area is 540 Å². The Hall–Kier alpha value is -7.56. The van der Waals surface area contributed by atoms with E-state index in [1.807, 2.05) is 0 Å². The van der Waals surface area contributed by atoms with E-state index in [1.165, 1.54) is 187 Å². The summed E-state index contributed by atoms with van der Waals surface area (Å²) in [5.74, 6) is 0. The fourth-order valence-corrected chi connectivity index (χ4v) is 17.9. The second kappa shape index (κ2) is 16.8. The van der Waals surface area contributed by atoms with E-state index < -0.39 is 5.41 Å². The van der Waals surface area contributed by atoms with Crippen LogP contribution in [0.25, 0.3) is 104 Å². The van der Waals surface area contributed by atoms with Gasteiger partial charge < -0.3 is 13.5 Å². The topological polar surface area (TPSA) is 14.3 Å². The molecule has 0 radical (unpaired) electrons. The molecule has 4 aromatic heterocycles. The van der Waals surface area contributed by atoms with Gasteiger partial charge in [0.2, 0.25) is 0 Å². The van der Waals surface area contributed by atoms with E-state index in [0.717, 1.165) is 0 Å². The maximum atomic E-state index is 2.85. The molecule has 0 saturated carbocycles. The van der Waals surface area contributed by atoms with Crippen LogP contribution in [0.2, 0.25) is 0 Å². The first kappa shape index (κ1) is 57.4. The molecule has 4 aliphatic rings. The summed E-state index contributed by atoms with van der Waals surface area (Å²) in [6.45, 7) is 57.9. The number of benzene rings is 9. The maximum Gasteiger partial charge on any atom is 0.252 e. The van der Waals surface area contributed by atoms with Crippen LogP contribution in [0.1, 0.15) is 233 Å². The summed E-state index contributed by atoms with van der Waals surface area (Å²) in [5.41, 5.74) is 34.3. The number of fused-ring (bicyclic) bond motifs is 21. The fraction of sp³-hybridized carbons (Fsp3) is 0.379. The summed E-state index contributed by atoms with van der Waals surface area (Å²) in [6.07, 6.45) is 0. The van der Waals surface area contributed by atoms with E-state index in [4.69, 9.17) is 0 Å². The predicted molar refractivity (Wildman–Crippen MR) is 395 cm³/mol. The number of hydrogen-bond acceptors (Lipinski definition) is 0. The van der Waals surface area contributed by atoms with Crippen LogP contribution in [-0.2, 0) is 48.7 Å². The summed E-state index contributed by atoms with van der Waals surface area (Å²) < 4.78 is 8.42. The van der Waals surface area contributed by atoms with Crippen molar-refractivity contribution in [2.75, 3.05) is 0 Å². The molecular weight excluding hydrogens is 1100 g/mol. The highest BCUT2D eigenvalue weighted by molar-refractivity contribution is 7.00. The number of hydrogen-bond donors (Lipinski definition) is 0. The monoisotopic (exact) mass is 1190 g/mol. The van der Waals surface area contributed by atoms with Crippen LogP contribution in [0.3, 0.4) is 0 Å². The van der Waals surface area contributed by atoms with E-state index in [-0.39, 0.29) is 50.0 Å². The summed E-state index contributed by atoms with van der Waals surface area (Å²) >= 11 is 0. The minimum atomic E-state index is -0.653. The first-order valence-electron chi connectivity index (χ1n) is 34.2. The Balaban J connectivity index is 1.15. The van der Waals surface area contributed by atoms with Crippen molar-refractivity contribution in [3.05, 3.63) is 188 Å². The second-order valence-electron chi connectivity index (χ2n) is 37.1. The average molecular weight is 1190 g/mol. The molecule has 0 saturated heterocycles. The van der Waals surface area contributed by atoms with Gasteiger partial charge in [-0.15, -0.1) is 0 Å². The van der Waals surface area contributed by atoms with Crippen molar-refractivity contribution in [2.45, 2.75) is 215 Å². The standard InChI is InChI=1S/C87H92BN3/c1-79(2,3)45-28-33-65-56(35-45)69-60(85(19,20)21)43-61(86(22,23)24)71-72-68(89(65)78(69)71)44-64-77-70(72)53-31-27-48(82(10,11)12)42-67(53)90(77)66-34-32-57-76-73(66)88(64)63-41-50(84(16,17)18)37-55-54-36-49(83(13,14)15)40-62(74(54)91(76)75(55)63)87(57)58-38-46(80(4,5)6)25-29-51(58)52-30-26-47(39-59(52)87)81(7,8)9/h25-44H,1-24H3. The van der Waals surface area contributed by atoms with Gasteiger partial charge in [0, 0.05) is 60.0 Å². The third-order valence-corrected chi connectivity index (χ3v) is 22.9. The molecule has 0 N–H and O–H groups in total. The molecule has 13 aromatic rings. The molecule has 3 aliphatic heterocycles. The minimum Gasteiger partial charge on any atom is -0.310 e. The quantitative estimate of drug-likeness (QED) is 0.134. The number of rotatable bonds is 0. The van der Waals surface area contributed by atoms with Crippen LogP contribution < -0.4 is 16.4 Å². The van der Waals surface area contributed by atoms with Gasteiger partial charge >= 0.3 is 0 Å². The van der Waals surface area contributed by atoms with Crippen molar-refractivity contribution in [1.29, 1.82) is 0 Å². The molecule has 458 valence electrons. The highest BCUT2D eigenvalue weighted by Gasteiger charge is 2.56. The average Bonchev–Trinajstić information content (AvgIpc) is 1.52. The lowest BCUT2D eigenvalue weighted by molar-refractivity contribution is 0.576. The highest BCUT2D eigenvalue weighted by Crippen LogP contribution is 2.64. The number of nitrogens with zero attached hydrogens (tertiary/aromatic N) is 3. The zero-order valence-corrected chi connectivity index (χ0v) is 59.0. The molecule has 91 heavy (non-hydrogen) atoms. The maximum absolute atomic E-state index is 2.85. The third-order valence-electron chi connectivity index (χ3n) is 22.9. The van der Waals surface area contributed by atoms with Crippen molar-refractivity contribution < 1.29 is 0 Å². The SMILES string of the molecule is CC(C)(C)c1ccc2c(c1)C1(c3cc(C(C)(C)C)ccc3-2)c2ccc3c4c2-n2c5c(cc(C(C)(C)C)cc5c5cc(C(C)(C)C)cc1c52)B4c1cc2c(c4c(C(C)(C)C)cc(C(C)(C)C)c5c6cc(C(C)(C)C)ccc6n2c54)c2c4ccc(C(C)(C)C)cc4n-3c12.